The molecule has 0 aliphatic rings. The van der Waals surface area contributed by atoms with Crippen LogP contribution in [0.25, 0.3) is 50.7 Å². The van der Waals surface area contributed by atoms with Gasteiger partial charge in [0.25, 0.3) is 0 Å². The van der Waals surface area contributed by atoms with E-state index in [9.17, 15) is 0 Å². The van der Waals surface area contributed by atoms with Crippen LogP contribution in [0.1, 0.15) is 24.5 Å². The molecule has 0 saturated heterocycles. The van der Waals surface area contributed by atoms with E-state index in [1.807, 2.05) is 6.07 Å². The van der Waals surface area contributed by atoms with Crippen molar-refractivity contribution in [2.75, 3.05) is 0 Å². The summed E-state index contributed by atoms with van der Waals surface area (Å²) in [5, 5.41) is 9.64. The van der Waals surface area contributed by atoms with Gasteiger partial charge >= 0.3 is 0 Å². The van der Waals surface area contributed by atoms with Crippen molar-refractivity contribution in [1.82, 2.24) is 14.8 Å². The van der Waals surface area contributed by atoms with E-state index in [1.54, 1.807) is 0 Å². The van der Waals surface area contributed by atoms with Crippen LogP contribution >= 0.6 is 0 Å². The first-order valence-corrected chi connectivity index (χ1v) is 13.6. The van der Waals surface area contributed by atoms with Gasteiger partial charge in [0.1, 0.15) is 0 Å². The van der Waals surface area contributed by atoms with Crippen molar-refractivity contribution in [2.24, 2.45) is 0 Å². The highest BCUT2D eigenvalue weighted by atomic mass is 15.3. The highest BCUT2D eigenvalue weighted by Crippen LogP contribution is 2.40. The lowest BCUT2D eigenvalue weighted by atomic mass is 9.91. The summed E-state index contributed by atoms with van der Waals surface area (Å²) in [6, 6.07) is 44.9. The molecule has 1 heterocycles. The van der Waals surface area contributed by atoms with Gasteiger partial charge in [0.15, 0.2) is 11.6 Å². The van der Waals surface area contributed by atoms with E-state index in [2.05, 4.69) is 140 Å². The normalized spacial score (nSPS) is 11.0. The second kappa shape index (κ2) is 10.9. The molecule has 5 aromatic carbocycles. The van der Waals surface area contributed by atoms with Gasteiger partial charge < -0.3 is 0 Å². The van der Waals surface area contributed by atoms with Crippen molar-refractivity contribution in [1.29, 1.82) is 0 Å². The predicted octanol–water partition coefficient (Wildman–Crippen LogP) is 9.20. The van der Waals surface area contributed by atoms with E-state index in [4.69, 9.17) is 10.2 Å². The van der Waals surface area contributed by atoms with Crippen LogP contribution in [-0.4, -0.2) is 14.8 Å². The molecule has 0 atom stereocenters. The van der Waals surface area contributed by atoms with Gasteiger partial charge in [-0.3, -0.25) is 4.57 Å². The largest absolute Gasteiger partial charge is 0.274 e. The SMILES string of the molecule is CCCc1cc(-c2ccccc2)cc(-c2ccccc2)c1-n1c(-c2ccccc2)nnc1-c1ccccc1C. The lowest BCUT2D eigenvalue weighted by Gasteiger charge is -2.22. The van der Waals surface area contributed by atoms with E-state index in [0.29, 0.717) is 0 Å². The predicted molar refractivity (Wildman–Crippen MR) is 162 cm³/mol. The van der Waals surface area contributed by atoms with Gasteiger partial charge in [-0.25, -0.2) is 0 Å². The first-order chi connectivity index (χ1) is 19.2. The average Bonchev–Trinajstić information content (AvgIpc) is 3.43. The second-order valence-electron chi connectivity index (χ2n) is 9.88. The quantitative estimate of drug-likeness (QED) is 0.216. The fourth-order valence-electron chi connectivity index (χ4n) is 5.32. The Morgan fingerprint density at radius 3 is 1.74 bits per heavy atom. The first kappa shape index (κ1) is 24.6. The molecule has 0 N–H and O–H groups in total. The lowest BCUT2D eigenvalue weighted by Crippen LogP contribution is -2.08. The van der Waals surface area contributed by atoms with E-state index < -0.39 is 0 Å². The fourth-order valence-corrected chi connectivity index (χ4v) is 5.32. The van der Waals surface area contributed by atoms with Gasteiger partial charge in [0, 0.05) is 16.7 Å². The van der Waals surface area contributed by atoms with Crippen LogP contribution in [0.3, 0.4) is 0 Å². The van der Waals surface area contributed by atoms with Gasteiger partial charge in [-0.05, 0) is 53.3 Å². The molecule has 0 fully saturated rings. The lowest BCUT2D eigenvalue weighted by molar-refractivity contribution is 0.902. The minimum absolute atomic E-state index is 0.843. The number of rotatable bonds is 7. The summed E-state index contributed by atoms with van der Waals surface area (Å²) in [6.07, 6.45) is 1.97. The standard InChI is InChI=1S/C36H31N3/c1-3-15-30-24-31(27-17-7-4-8-18-27)25-33(28-19-9-5-10-20-28)34(30)39-35(29-21-11-6-12-22-29)37-38-36(39)32-23-14-13-16-26(32)2/h4-14,16-25H,3,15H2,1-2H3. The van der Waals surface area contributed by atoms with Crippen LogP contribution in [0.4, 0.5) is 0 Å². The third-order valence-electron chi connectivity index (χ3n) is 7.20. The molecule has 0 radical (unpaired) electrons. The Morgan fingerprint density at radius 2 is 1.10 bits per heavy atom. The number of aryl methyl sites for hydroxylation is 2. The van der Waals surface area contributed by atoms with Crippen molar-refractivity contribution in [2.45, 2.75) is 26.7 Å². The highest BCUT2D eigenvalue weighted by molar-refractivity contribution is 5.84. The van der Waals surface area contributed by atoms with Crippen LogP contribution in [0.2, 0.25) is 0 Å². The Balaban J connectivity index is 1.73. The van der Waals surface area contributed by atoms with Crippen molar-refractivity contribution in [3.8, 4) is 50.7 Å². The van der Waals surface area contributed by atoms with Gasteiger partial charge in [0.2, 0.25) is 0 Å². The molecule has 0 aliphatic heterocycles. The molecule has 0 aliphatic carbocycles. The molecule has 0 unspecified atom stereocenters. The Labute approximate surface area is 230 Å². The molecule has 0 amide bonds. The van der Waals surface area contributed by atoms with Gasteiger partial charge in [-0.2, -0.15) is 0 Å². The summed E-state index contributed by atoms with van der Waals surface area (Å²) >= 11 is 0. The molecular formula is C36H31N3. The van der Waals surface area contributed by atoms with E-state index >= 15 is 0 Å². The van der Waals surface area contributed by atoms with Gasteiger partial charge in [-0.1, -0.05) is 129 Å². The molecule has 0 spiro atoms. The van der Waals surface area contributed by atoms with Crippen molar-refractivity contribution >= 4 is 0 Å². The fraction of sp³-hybridized carbons (Fsp3) is 0.111. The summed E-state index contributed by atoms with van der Waals surface area (Å²) in [6.45, 7) is 4.38. The summed E-state index contributed by atoms with van der Waals surface area (Å²) in [5.41, 5.74) is 10.5. The zero-order chi connectivity index (χ0) is 26.6. The Kier molecular flexibility index (Phi) is 6.88. The molecular weight excluding hydrogens is 474 g/mol. The van der Waals surface area contributed by atoms with Crippen molar-refractivity contribution in [3.63, 3.8) is 0 Å². The summed E-state index contributed by atoms with van der Waals surface area (Å²) < 4.78 is 2.29. The highest BCUT2D eigenvalue weighted by Gasteiger charge is 2.24. The topological polar surface area (TPSA) is 30.7 Å². The van der Waals surface area contributed by atoms with Crippen LogP contribution in [0.15, 0.2) is 127 Å². The van der Waals surface area contributed by atoms with Crippen LogP contribution in [-0.2, 0) is 6.42 Å². The average molecular weight is 506 g/mol. The molecule has 1 aromatic heterocycles. The van der Waals surface area contributed by atoms with E-state index in [1.165, 1.54) is 33.4 Å². The van der Waals surface area contributed by atoms with Crippen LogP contribution in [0.5, 0.6) is 0 Å². The smallest absolute Gasteiger partial charge is 0.169 e. The molecule has 6 rings (SSSR count). The van der Waals surface area contributed by atoms with Gasteiger partial charge in [-0.15, -0.1) is 10.2 Å². The maximum absolute atomic E-state index is 4.83. The molecule has 0 bridgehead atoms. The minimum Gasteiger partial charge on any atom is -0.274 e. The minimum atomic E-state index is 0.843. The van der Waals surface area contributed by atoms with Crippen LogP contribution in [0, 0.1) is 6.92 Å². The number of benzene rings is 5. The summed E-state index contributed by atoms with van der Waals surface area (Å²) in [4.78, 5) is 0. The summed E-state index contributed by atoms with van der Waals surface area (Å²) in [7, 11) is 0. The third-order valence-corrected chi connectivity index (χ3v) is 7.20. The number of hydrogen-bond acceptors (Lipinski definition) is 2. The Bertz CT molecular complexity index is 1700. The van der Waals surface area contributed by atoms with Crippen LogP contribution < -0.4 is 0 Å². The first-order valence-electron chi connectivity index (χ1n) is 13.6. The zero-order valence-electron chi connectivity index (χ0n) is 22.4. The molecule has 3 nitrogen and oxygen atoms in total. The van der Waals surface area contributed by atoms with Crippen molar-refractivity contribution in [3.05, 3.63) is 139 Å². The van der Waals surface area contributed by atoms with E-state index in [-0.39, 0.29) is 0 Å². The monoisotopic (exact) mass is 505 g/mol. The number of aromatic nitrogens is 3. The second-order valence-corrected chi connectivity index (χ2v) is 9.88. The molecule has 190 valence electrons. The third kappa shape index (κ3) is 4.80. The van der Waals surface area contributed by atoms with Crippen molar-refractivity contribution < 1.29 is 0 Å². The van der Waals surface area contributed by atoms with Gasteiger partial charge in [0.05, 0.1) is 5.69 Å². The zero-order valence-corrected chi connectivity index (χ0v) is 22.4. The van der Waals surface area contributed by atoms with E-state index in [0.717, 1.165) is 41.3 Å². The summed E-state index contributed by atoms with van der Waals surface area (Å²) in [5.74, 6) is 1.70. The molecule has 0 saturated carbocycles. The molecule has 6 aromatic rings. The maximum atomic E-state index is 4.83. The molecule has 3 heteroatoms. The Morgan fingerprint density at radius 1 is 0.538 bits per heavy atom. The number of nitrogens with zero attached hydrogens (tertiary/aromatic N) is 3. The maximum Gasteiger partial charge on any atom is 0.169 e. The Hall–Kier alpha value is -4.76. The molecule has 39 heavy (non-hydrogen) atoms. The number of hydrogen-bond donors (Lipinski definition) is 0.